The molecule has 7 heteroatoms. The third kappa shape index (κ3) is 3.38. The standard InChI is InChI=1S/C14H10BrFN2O3/c15-7-1-4-12(10(5-7)14(20)21)18-13(19)9-3-2-8(17)6-11(9)16/h1-6H,17H2,(H,18,19)(H,20,21). The van der Waals surface area contributed by atoms with E-state index in [1.807, 2.05) is 0 Å². The highest BCUT2D eigenvalue weighted by Crippen LogP contribution is 2.22. The fourth-order valence-electron chi connectivity index (χ4n) is 1.71. The molecule has 0 aliphatic carbocycles. The molecule has 108 valence electrons. The maximum absolute atomic E-state index is 13.7. The first-order valence-electron chi connectivity index (χ1n) is 5.77. The Morgan fingerprint density at radius 2 is 1.86 bits per heavy atom. The number of nitrogen functional groups attached to an aromatic ring is 1. The summed E-state index contributed by atoms with van der Waals surface area (Å²) < 4.78 is 14.2. The van der Waals surface area contributed by atoms with E-state index in [0.29, 0.717) is 4.47 Å². The highest BCUT2D eigenvalue weighted by molar-refractivity contribution is 9.10. The van der Waals surface area contributed by atoms with Crippen molar-refractivity contribution in [1.82, 2.24) is 0 Å². The summed E-state index contributed by atoms with van der Waals surface area (Å²) in [6.45, 7) is 0. The van der Waals surface area contributed by atoms with Gasteiger partial charge in [-0.2, -0.15) is 0 Å². The number of amides is 1. The van der Waals surface area contributed by atoms with E-state index in [1.54, 1.807) is 6.07 Å². The lowest BCUT2D eigenvalue weighted by Crippen LogP contribution is -2.16. The molecule has 5 nitrogen and oxygen atoms in total. The summed E-state index contributed by atoms with van der Waals surface area (Å²) in [6, 6.07) is 7.98. The maximum atomic E-state index is 13.7. The molecule has 0 heterocycles. The van der Waals surface area contributed by atoms with Gasteiger partial charge in [0.15, 0.2) is 0 Å². The van der Waals surface area contributed by atoms with Crippen LogP contribution in [0.25, 0.3) is 0 Å². The monoisotopic (exact) mass is 352 g/mol. The van der Waals surface area contributed by atoms with Crippen molar-refractivity contribution in [2.45, 2.75) is 0 Å². The Morgan fingerprint density at radius 3 is 2.48 bits per heavy atom. The lowest BCUT2D eigenvalue weighted by Gasteiger charge is -2.09. The molecule has 0 aliphatic heterocycles. The number of anilines is 2. The van der Waals surface area contributed by atoms with Crippen LogP contribution >= 0.6 is 15.9 Å². The van der Waals surface area contributed by atoms with Crippen LogP contribution in [0, 0.1) is 5.82 Å². The smallest absolute Gasteiger partial charge is 0.337 e. The van der Waals surface area contributed by atoms with E-state index in [9.17, 15) is 14.0 Å². The maximum Gasteiger partial charge on any atom is 0.337 e. The van der Waals surface area contributed by atoms with Crippen molar-refractivity contribution >= 4 is 39.2 Å². The number of rotatable bonds is 3. The average Bonchev–Trinajstić information content (AvgIpc) is 2.40. The normalized spacial score (nSPS) is 10.2. The van der Waals surface area contributed by atoms with Gasteiger partial charge in [-0.3, -0.25) is 4.79 Å². The molecule has 0 aromatic heterocycles. The number of carbonyl (C=O) groups is 2. The third-order valence-corrected chi connectivity index (χ3v) is 3.19. The number of nitrogens with two attached hydrogens (primary N) is 1. The summed E-state index contributed by atoms with van der Waals surface area (Å²) in [7, 11) is 0. The molecule has 0 fully saturated rings. The minimum atomic E-state index is -1.20. The number of benzene rings is 2. The molecule has 0 unspecified atom stereocenters. The Bertz CT molecular complexity index is 734. The first kappa shape index (κ1) is 15.0. The zero-order chi connectivity index (χ0) is 15.6. The fraction of sp³-hybridized carbons (Fsp3) is 0. The van der Waals surface area contributed by atoms with Crippen LogP contribution in [-0.4, -0.2) is 17.0 Å². The lowest BCUT2D eigenvalue weighted by molar-refractivity contribution is 0.0698. The number of carbonyl (C=O) groups excluding carboxylic acids is 1. The Kier molecular flexibility index (Phi) is 4.23. The van der Waals surface area contributed by atoms with E-state index in [4.69, 9.17) is 10.8 Å². The minimum Gasteiger partial charge on any atom is -0.478 e. The predicted molar refractivity (Wildman–Crippen MR) is 79.9 cm³/mol. The van der Waals surface area contributed by atoms with E-state index < -0.39 is 17.7 Å². The lowest BCUT2D eigenvalue weighted by atomic mass is 10.1. The quantitative estimate of drug-likeness (QED) is 0.740. The summed E-state index contributed by atoms with van der Waals surface area (Å²) in [5, 5.41) is 11.5. The van der Waals surface area contributed by atoms with E-state index >= 15 is 0 Å². The molecule has 2 rings (SSSR count). The minimum absolute atomic E-state index is 0.0759. The molecule has 21 heavy (non-hydrogen) atoms. The van der Waals surface area contributed by atoms with Crippen molar-refractivity contribution in [2.75, 3.05) is 11.1 Å². The second-order valence-corrected chi connectivity index (χ2v) is 5.10. The van der Waals surface area contributed by atoms with Gasteiger partial charge >= 0.3 is 5.97 Å². The van der Waals surface area contributed by atoms with Crippen LogP contribution in [-0.2, 0) is 0 Å². The second-order valence-electron chi connectivity index (χ2n) is 4.19. The summed E-state index contributed by atoms with van der Waals surface area (Å²) in [6.07, 6.45) is 0. The molecule has 2 aromatic carbocycles. The van der Waals surface area contributed by atoms with Crippen LogP contribution in [0.15, 0.2) is 40.9 Å². The van der Waals surface area contributed by atoms with Crippen LogP contribution in [0.5, 0.6) is 0 Å². The third-order valence-electron chi connectivity index (χ3n) is 2.70. The molecular formula is C14H10BrFN2O3. The topological polar surface area (TPSA) is 92.4 Å². The second kappa shape index (κ2) is 5.92. The van der Waals surface area contributed by atoms with Crippen molar-refractivity contribution in [3.63, 3.8) is 0 Å². The highest BCUT2D eigenvalue weighted by atomic mass is 79.9. The van der Waals surface area contributed by atoms with Crippen LogP contribution in [0.3, 0.4) is 0 Å². The van der Waals surface area contributed by atoms with E-state index in [2.05, 4.69) is 21.2 Å². The molecule has 0 saturated carbocycles. The molecule has 0 spiro atoms. The van der Waals surface area contributed by atoms with Gasteiger partial charge in [0, 0.05) is 10.2 Å². The number of carboxylic acids is 1. The average molecular weight is 353 g/mol. The SMILES string of the molecule is Nc1ccc(C(=O)Nc2ccc(Br)cc2C(=O)O)c(F)c1. The van der Waals surface area contributed by atoms with Crippen molar-refractivity contribution in [1.29, 1.82) is 0 Å². The van der Waals surface area contributed by atoms with Gasteiger partial charge in [0.05, 0.1) is 16.8 Å². The Morgan fingerprint density at radius 1 is 1.14 bits per heavy atom. The number of carboxylic acid groups (broad SMARTS) is 1. The van der Waals surface area contributed by atoms with Crippen molar-refractivity contribution < 1.29 is 19.1 Å². The first-order valence-corrected chi connectivity index (χ1v) is 6.57. The van der Waals surface area contributed by atoms with Gasteiger partial charge in [-0.05, 0) is 36.4 Å². The molecule has 0 atom stereocenters. The molecule has 1 amide bonds. The van der Waals surface area contributed by atoms with Gasteiger partial charge in [-0.25, -0.2) is 9.18 Å². The Labute approximate surface area is 127 Å². The summed E-state index contributed by atoms with van der Waals surface area (Å²) in [5.41, 5.74) is 5.35. The van der Waals surface area contributed by atoms with Gasteiger partial charge in [-0.15, -0.1) is 0 Å². The largest absolute Gasteiger partial charge is 0.478 e. The fourth-order valence-corrected chi connectivity index (χ4v) is 2.07. The highest BCUT2D eigenvalue weighted by Gasteiger charge is 2.16. The summed E-state index contributed by atoms with van der Waals surface area (Å²) in [5.74, 6) is -2.73. The van der Waals surface area contributed by atoms with Gasteiger partial charge in [0.1, 0.15) is 5.82 Å². The predicted octanol–water partition coefficient (Wildman–Crippen LogP) is 3.12. The van der Waals surface area contributed by atoms with Crippen LogP contribution in [0.4, 0.5) is 15.8 Å². The number of halogens is 2. The van der Waals surface area contributed by atoms with Gasteiger partial charge in [-0.1, -0.05) is 15.9 Å². The van der Waals surface area contributed by atoms with Gasteiger partial charge in [0.2, 0.25) is 0 Å². The molecule has 2 aromatic rings. The number of hydrogen-bond donors (Lipinski definition) is 3. The van der Waals surface area contributed by atoms with Crippen LogP contribution in [0.1, 0.15) is 20.7 Å². The molecule has 0 aliphatic rings. The van der Waals surface area contributed by atoms with E-state index in [-0.39, 0.29) is 22.5 Å². The Hall–Kier alpha value is -2.41. The van der Waals surface area contributed by atoms with Crippen LogP contribution in [0.2, 0.25) is 0 Å². The van der Waals surface area contributed by atoms with E-state index in [1.165, 1.54) is 24.3 Å². The van der Waals surface area contributed by atoms with Crippen molar-refractivity contribution in [3.05, 3.63) is 57.8 Å². The molecule has 0 radical (unpaired) electrons. The molecule has 4 N–H and O–H groups in total. The van der Waals surface area contributed by atoms with E-state index in [0.717, 1.165) is 6.07 Å². The summed E-state index contributed by atoms with van der Waals surface area (Å²) in [4.78, 5) is 23.2. The first-order chi connectivity index (χ1) is 9.88. The van der Waals surface area contributed by atoms with Gasteiger partial charge in [0.25, 0.3) is 5.91 Å². The summed E-state index contributed by atoms with van der Waals surface area (Å²) >= 11 is 3.15. The van der Waals surface area contributed by atoms with Gasteiger partial charge < -0.3 is 16.2 Å². The number of hydrogen-bond acceptors (Lipinski definition) is 3. The number of aromatic carboxylic acids is 1. The Balaban J connectivity index is 2.34. The zero-order valence-electron chi connectivity index (χ0n) is 10.6. The molecular weight excluding hydrogens is 343 g/mol. The molecule has 0 bridgehead atoms. The van der Waals surface area contributed by atoms with Crippen LogP contribution < -0.4 is 11.1 Å². The zero-order valence-corrected chi connectivity index (χ0v) is 12.1. The molecule has 0 saturated heterocycles. The van der Waals surface area contributed by atoms with Crippen molar-refractivity contribution in [2.24, 2.45) is 0 Å². The van der Waals surface area contributed by atoms with Crippen molar-refractivity contribution in [3.8, 4) is 0 Å². The number of nitrogens with one attached hydrogen (secondary N) is 1.